The van der Waals surface area contributed by atoms with Crippen LogP contribution < -0.4 is 15.8 Å². The first-order valence-electron chi connectivity index (χ1n) is 6.92. The zero-order chi connectivity index (χ0) is 15.3. The molecule has 1 aromatic carbocycles. The van der Waals surface area contributed by atoms with Gasteiger partial charge in [-0.2, -0.15) is 0 Å². The van der Waals surface area contributed by atoms with Gasteiger partial charge in [-0.3, -0.25) is 4.79 Å². The van der Waals surface area contributed by atoms with Gasteiger partial charge in [-0.15, -0.1) is 0 Å². The fourth-order valence-corrected chi connectivity index (χ4v) is 1.78. The number of benzene rings is 1. The average Bonchev–Trinajstić information content (AvgIpc) is 2.40. The van der Waals surface area contributed by atoms with E-state index in [0.717, 1.165) is 5.69 Å². The van der Waals surface area contributed by atoms with Crippen LogP contribution in [0.15, 0.2) is 18.2 Å². The maximum Gasteiger partial charge on any atom is 0.244 e. The lowest BCUT2D eigenvalue weighted by Crippen LogP contribution is -2.38. The Bertz CT molecular complexity index is 460. The van der Waals surface area contributed by atoms with E-state index in [9.17, 15) is 4.79 Å². The zero-order valence-corrected chi connectivity index (χ0v) is 12.9. The van der Waals surface area contributed by atoms with Crippen LogP contribution in [0.3, 0.4) is 0 Å². The summed E-state index contributed by atoms with van der Waals surface area (Å²) >= 11 is 0. The van der Waals surface area contributed by atoms with E-state index in [1.165, 1.54) is 0 Å². The third-order valence-corrected chi connectivity index (χ3v) is 2.98. The molecule has 0 radical (unpaired) electrons. The number of carbonyl (C=O) groups excluding carboxylic acids is 1. The molecule has 0 spiro atoms. The standard InChI is InChI=1S/C15H25N3O2/c1-6-18(5)15(19)11(4)17-12-7-8-13(16)14(9-12)20-10(2)3/h7-11,17H,6,16H2,1-5H3. The maximum atomic E-state index is 12.0. The molecule has 1 rings (SSSR count). The minimum absolute atomic E-state index is 0.0515. The molecular weight excluding hydrogens is 254 g/mol. The summed E-state index contributed by atoms with van der Waals surface area (Å²) in [6.07, 6.45) is 0.0535. The molecular formula is C15H25N3O2. The van der Waals surface area contributed by atoms with E-state index in [0.29, 0.717) is 18.0 Å². The molecule has 0 aliphatic rings. The molecule has 112 valence electrons. The monoisotopic (exact) mass is 279 g/mol. The summed E-state index contributed by atoms with van der Waals surface area (Å²) < 4.78 is 5.64. The van der Waals surface area contributed by atoms with Gasteiger partial charge in [-0.05, 0) is 39.8 Å². The first kappa shape index (κ1) is 16.1. The lowest BCUT2D eigenvalue weighted by atomic mass is 10.2. The van der Waals surface area contributed by atoms with Crippen molar-refractivity contribution >= 4 is 17.3 Å². The summed E-state index contributed by atoms with van der Waals surface area (Å²) in [4.78, 5) is 13.7. The number of hydrogen-bond acceptors (Lipinski definition) is 4. The normalized spacial score (nSPS) is 12.1. The molecule has 1 aromatic rings. The molecule has 0 heterocycles. The number of nitrogens with two attached hydrogens (primary N) is 1. The molecule has 0 aliphatic heterocycles. The minimum atomic E-state index is -0.296. The number of anilines is 2. The predicted octanol–water partition coefficient (Wildman–Crippen LogP) is 2.33. The highest BCUT2D eigenvalue weighted by molar-refractivity contribution is 5.84. The van der Waals surface area contributed by atoms with Crippen molar-refractivity contribution in [1.29, 1.82) is 0 Å². The van der Waals surface area contributed by atoms with Crippen molar-refractivity contribution in [3.8, 4) is 5.75 Å². The number of hydrogen-bond donors (Lipinski definition) is 2. The van der Waals surface area contributed by atoms with Crippen molar-refractivity contribution in [3.05, 3.63) is 18.2 Å². The number of amides is 1. The molecule has 0 saturated carbocycles. The Balaban J connectivity index is 2.80. The van der Waals surface area contributed by atoms with Gasteiger partial charge in [0.05, 0.1) is 11.8 Å². The number of ether oxygens (including phenoxy) is 1. The van der Waals surface area contributed by atoms with Gasteiger partial charge in [0.1, 0.15) is 11.8 Å². The van der Waals surface area contributed by atoms with Gasteiger partial charge in [0, 0.05) is 25.3 Å². The lowest BCUT2D eigenvalue weighted by molar-refractivity contribution is -0.130. The smallest absolute Gasteiger partial charge is 0.244 e. The summed E-state index contributed by atoms with van der Waals surface area (Å²) in [5, 5.41) is 3.17. The highest BCUT2D eigenvalue weighted by atomic mass is 16.5. The molecule has 1 atom stereocenters. The maximum absolute atomic E-state index is 12.0. The van der Waals surface area contributed by atoms with Crippen molar-refractivity contribution in [1.82, 2.24) is 4.90 Å². The second-order valence-corrected chi connectivity index (χ2v) is 5.14. The van der Waals surface area contributed by atoms with Gasteiger partial charge in [0.2, 0.25) is 5.91 Å². The molecule has 5 nitrogen and oxygen atoms in total. The fraction of sp³-hybridized carbons (Fsp3) is 0.533. The quantitative estimate of drug-likeness (QED) is 0.784. The van der Waals surface area contributed by atoms with Crippen LogP contribution in [-0.4, -0.2) is 36.5 Å². The van der Waals surface area contributed by atoms with Gasteiger partial charge in [0.15, 0.2) is 0 Å². The van der Waals surface area contributed by atoms with Gasteiger partial charge in [-0.1, -0.05) is 0 Å². The Morgan fingerprint density at radius 1 is 1.40 bits per heavy atom. The molecule has 5 heteroatoms. The molecule has 20 heavy (non-hydrogen) atoms. The molecule has 0 aromatic heterocycles. The summed E-state index contributed by atoms with van der Waals surface area (Å²) in [6.45, 7) is 8.37. The zero-order valence-electron chi connectivity index (χ0n) is 12.9. The number of nitrogens with one attached hydrogen (secondary N) is 1. The number of carbonyl (C=O) groups is 1. The van der Waals surface area contributed by atoms with E-state index >= 15 is 0 Å². The molecule has 0 bridgehead atoms. The van der Waals surface area contributed by atoms with Crippen molar-refractivity contribution in [2.75, 3.05) is 24.6 Å². The highest BCUT2D eigenvalue weighted by Crippen LogP contribution is 2.26. The van der Waals surface area contributed by atoms with E-state index in [2.05, 4.69) is 5.32 Å². The molecule has 1 amide bonds. The predicted molar refractivity (Wildman–Crippen MR) is 83.0 cm³/mol. The van der Waals surface area contributed by atoms with Crippen LogP contribution in [0.5, 0.6) is 5.75 Å². The van der Waals surface area contributed by atoms with E-state index in [4.69, 9.17) is 10.5 Å². The van der Waals surface area contributed by atoms with E-state index in [1.807, 2.05) is 39.8 Å². The van der Waals surface area contributed by atoms with Crippen molar-refractivity contribution < 1.29 is 9.53 Å². The summed E-state index contributed by atoms with van der Waals surface area (Å²) in [5.41, 5.74) is 7.28. The Hall–Kier alpha value is -1.91. The Morgan fingerprint density at radius 2 is 2.05 bits per heavy atom. The van der Waals surface area contributed by atoms with Crippen molar-refractivity contribution in [2.45, 2.75) is 39.8 Å². The summed E-state index contributed by atoms with van der Waals surface area (Å²) in [7, 11) is 1.79. The first-order chi connectivity index (χ1) is 9.35. The van der Waals surface area contributed by atoms with Crippen LogP contribution in [0, 0.1) is 0 Å². The van der Waals surface area contributed by atoms with Crippen LogP contribution in [0.2, 0.25) is 0 Å². The lowest BCUT2D eigenvalue weighted by Gasteiger charge is -2.22. The fourth-order valence-electron chi connectivity index (χ4n) is 1.78. The van der Waals surface area contributed by atoms with Crippen LogP contribution in [-0.2, 0) is 4.79 Å². The summed E-state index contributed by atoms with van der Waals surface area (Å²) in [5.74, 6) is 0.684. The number of nitrogen functional groups attached to an aromatic ring is 1. The average molecular weight is 279 g/mol. The number of nitrogens with zero attached hydrogens (tertiary/aromatic N) is 1. The van der Waals surface area contributed by atoms with Gasteiger partial charge in [-0.25, -0.2) is 0 Å². The van der Waals surface area contributed by atoms with Gasteiger partial charge >= 0.3 is 0 Å². The largest absolute Gasteiger partial charge is 0.489 e. The SMILES string of the molecule is CCN(C)C(=O)C(C)Nc1ccc(N)c(OC(C)C)c1. The van der Waals surface area contributed by atoms with Crippen molar-refractivity contribution in [3.63, 3.8) is 0 Å². The Morgan fingerprint density at radius 3 is 2.60 bits per heavy atom. The van der Waals surface area contributed by atoms with E-state index in [1.54, 1.807) is 18.0 Å². The van der Waals surface area contributed by atoms with Gasteiger partial charge < -0.3 is 20.7 Å². The summed E-state index contributed by atoms with van der Waals surface area (Å²) in [6, 6.07) is 5.15. The topological polar surface area (TPSA) is 67.6 Å². The van der Waals surface area contributed by atoms with Crippen LogP contribution >= 0.6 is 0 Å². The highest BCUT2D eigenvalue weighted by Gasteiger charge is 2.16. The Kier molecular flexibility index (Phi) is 5.67. The first-order valence-corrected chi connectivity index (χ1v) is 6.92. The Labute approximate surface area is 121 Å². The molecule has 0 aliphatic carbocycles. The van der Waals surface area contributed by atoms with E-state index < -0.39 is 0 Å². The van der Waals surface area contributed by atoms with Gasteiger partial charge in [0.25, 0.3) is 0 Å². The molecule has 0 fully saturated rings. The molecule has 1 unspecified atom stereocenters. The second-order valence-electron chi connectivity index (χ2n) is 5.14. The van der Waals surface area contributed by atoms with E-state index in [-0.39, 0.29) is 18.1 Å². The third-order valence-electron chi connectivity index (χ3n) is 2.98. The minimum Gasteiger partial charge on any atom is -0.489 e. The van der Waals surface area contributed by atoms with Crippen molar-refractivity contribution in [2.24, 2.45) is 0 Å². The van der Waals surface area contributed by atoms with Crippen LogP contribution in [0.4, 0.5) is 11.4 Å². The third kappa shape index (κ3) is 4.33. The molecule has 0 saturated heterocycles. The second kappa shape index (κ2) is 7.03. The molecule has 3 N–H and O–H groups in total. The number of rotatable bonds is 6. The number of likely N-dealkylation sites (N-methyl/N-ethyl adjacent to an activating group) is 1. The van der Waals surface area contributed by atoms with Crippen LogP contribution in [0.25, 0.3) is 0 Å². The van der Waals surface area contributed by atoms with Crippen LogP contribution in [0.1, 0.15) is 27.7 Å².